The van der Waals surface area contributed by atoms with Crippen molar-refractivity contribution in [3.05, 3.63) is 41.5 Å². The van der Waals surface area contributed by atoms with E-state index in [1.165, 1.54) is 30.7 Å². The Hall–Kier alpha value is -1.26. The Morgan fingerprint density at radius 3 is 2.61 bits per heavy atom. The lowest BCUT2D eigenvalue weighted by atomic mass is 9.74. The van der Waals surface area contributed by atoms with Gasteiger partial charge in [0, 0.05) is 18.5 Å². The van der Waals surface area contributed by atoms with Gasteiger partial charge in [-0.15, -0.1) is 0 Å². The van der Waals surface area contributed by atoms with Gasteiger partial charge in [-0.1, -0.05) is 44.2 Å². The highest BCUT2D eigenvalue weighted by molar-refractivity contribution is 7.98. The quantitative estimate of drug-likeness (QED) is 0.583. The molecule has 3 nitrogen and oxygen atoms in total. The number of hydrogen-bond donors (Lipinski definition) is 1. The normalized spacial score (nSPS) is 18.4. The third-order valence-corrected chi connectivity index (χ3v) is 7.26. The average Bonchev–Trinajstić information content (AvgIpc) is 3.05. The van der Waals surface area contributed by atoms with Crippen molar-refractivity contribution in [1.82, 2.24) is 10.2 Å². The van der Waals surface area contributed by atoms with Crippen LogP contribution in [-0.4, -0.2) is 48.5 Å². The van der Waals surface area contributed by atoms with Gasteiger partial charge in [-0.2, -0.15) is 11.8 Å². The zero-order chi connectivity index (χ0) is 20.0. The van der Waals surface area contributed by atoms with Gasteiger partial charge in [0.15, 0.2) is 0 Å². The zero-order valence-corrected chi connectivity index (χ0v) is 18.6. The SMILES string of the molecule is CCC(CC)NC(=O)C1=CC2(CCN(CCCCSC)CC2)c2ccccc21.[HH]. The van der Waals surface area contributed by atoms with E-state index in [1.54, 1.807) is 0 Å². The van der Waals surface area contributed by atoms with E-state index in [9.17, 15) is 4.79 Å². The van der Waals surface area contributed by atoms with Crippen LogP contribution >= 0.6 is 11.8 Å². The van der Waals surface area contributed by atoms with Gasteiger partial charge in [0.2, 0.25) is 0 Å². The van der Waals surface area contributed by atoms with Gasteiger partial charge < -0.3 is 10.2 Å². The highest BCUT2D eigenvalue weighted by atomic mass is 32.2. The van der Waals surface area contributed by atoms with E-state index in [-0.39, 0.29) is 18.8 Å². The molecule has 1 fully saturated rings. The summed E-state index contributed by atoms with van der Waals surface area (Å²) < 4.78 is 0. The summed E-state index contributed by atoms with van der Waals surface area (Å²) in [5, 5.41) is 3.25. The van der Waals surface area contributed by atoms with E-state index in [0.29, 0.717) is 0 Å². The first-order chi connectivity index (χ1) is 13.6. The van der Waals surface area contributed by atoms with Gasteiger partial charge in [0.05, 0.1) is 0 Å². The Kier molecular flexibility index (Phi) is 7.64. The number of thioether (sulfide) groups is 1. The summed E-state index contributed by atoms with van der Waals surface area (Å²) in [6.45, 7) is 7.75. The average molecular weight is 403 g/mol. The van der Waals surface area contributed by atoms with Gasteiger partial charge in [0.1, 0.15) is 0 Å². The number of likely N-dealkylation sites (tertiary alicyclic amines) is 1. The molecule has 2 aliphatic rings. The van der Waals surface area contributed by atoms with Crippen molar-refractivity contribution in [2.24, 2.45) is 0 Å². The second-order valence-electron chi connectivity index (χ2n) is 8.29. The molecular weight excluding hydrogens is 364 g/mol. The fourth-order valence-electron chi connectivity index (χ4n) is 4.70. The lowest BCUT2D eigenvalue weighted by molar-refractivity contribution is -0.116. The molecule has 1 aromatic carbocycles. The number of allylic oxidation sites excluding steroid dienone is 1. The predicted molar refractivity (Wildman–Crippen MR) is 124 cm³/mol. The minimum atomic E-state index is 0. The first kappa shape index (κ1) is 21.4. The van der Waals surface area contributed by atoms with E-state index in [2.05, 4.69) is 60.7 Å². The van der Waals surface area contributed by atoms with Crippen molar-refractivity contribution in [1.29, 1.82) is 0 Å². The second kappa shape index (κ2) is 9.98. The van der Waals surface area contributed by atoms with Crippen molar-refractivity contribution in [2.45, 2.75) is 63.8 Å². The number of carbonyl (C=O) groups is 1. The Morgan fingerprint density at radius 2 is 1.93 bits per heavy atom. The molecular formula is C24H38N2OS. The monoisotopic (exact) mass is 402 g/mol. The molecule has 1 heterocycles. The van der Waals surface area contributed by atoms with Crippen molar-refractivity contribution in [2.75, 3.05) is 31.6 Å². The highest BCUT2D eigenvalue weighted by Gasteiger charge is 2.41. The molecule has 1 saturated heterocycles. The first-order valence-corrected chi connectivity index (χ1v) is 12.4. The van der Waals surface area contributed by atoms with Gasteiger partial charge in [-0.05, 0) is 81.3 Å². The number of piperidine rings is 1. The highest BCUT2D eigenvalue weighted by Crippen LogP contribution is 2.47. The molecule has 1 amide bonds. The number of hydrogen-bond acceptors (Lipinski definition) is 3. The van der Waals surface area contributed by atoms with Crippen LogP contribution in [-0.2, 0) is 10.2 Å². The maximum absolute atomic E-state index is 13.0. The number of amides is 1. The maximum Gasteiger partial charge on any atom is 0.251 e. The summed E-state index contributed by atoms with van der Waals surface area (Å²) in [7, 11) is 0. The molecule has 0 atom stereocenters. The topological polar surface area (TPSA) is 32.3 Å². The number of nitrogens with zero attached hydrogens (tertiary/aromatic N) is 1. The fourth-order valence-corrected chi connectivity index (χ4v) is 5.19. The molecule has 0 bridgehead atoms. The Labute approximate surface area is 176 Å². The molecule has 1 spiro atoms. The minimum Gasteiger partial charge on any atom is -0.349 e. The van der Waals surface area contributed by atoms with Crippen molar-refractivity contribution >= 4 is 23.2 Å². The largest absolute Gasteiger partial charge is 0.349 e. The van der Waals surface area contributed by atoms with Crippen molar-refractivity contribution in [3.63, 3.8) is 0 Å². The van der Waals surface area contributed by atoms with Crippen molar-refractivity contribution < 1.29 is 6.22 Å². The molecule has 4 heteroatoms. The summed E-state index contributed by atoms with van der Waals surface area (Å²) >= 11 is 1.94. The van der Waals surface area contributed by atoms with Crippen LogP contribution in [0.4, 0.5) is 0 Å². The van der Waals surface area contributed by atoms with E-state index in [0.717, 1.165) is 49.9 Å². The predicted octanol–water partition coefficient (Wildman–Crippen LogP) is 5.11. The molecule has 1 aromatic rings. The number of unbranched alkanes of at least 4 members (excludes halogenated alkanes) is 1. The third-order valence-electron chi connectivity index (χ3n) is 6.56. The molecule has 3 rings (SSSR count). The minimum absolute atomic E-state index is 0. The Bertz CT molecular complexity index is 694. The standard InChI is InChI=1S/C24H36N2OS.H2/c1-4-19(5-2)25-23(27)21-18-24(22-11-7-6-10-20(21)22)12-15-26(16-13-24)14-8-9-17-28-3;/h6-7,10-11,18-19H,4-5,8-9,12-17H2,1-3H3,(H,25,27);1H. The number of carbonyl (C=O) groups excluding carboxylic acids is 1. The molecule has 0 saturated carbocycles. The smallest absolute Gasteiger partial charge is 0.251 e. The summed E-state index contributed by atoms with van der Waals surface area (Å²) in [6.07, 6.45) is 11.3. The fraction of sp³-hybridized carbons (Fsp3) is 0.625. The zero-order valence-electron chi connectivity index (χ0n) is 17.8. The van der Waals surface area contributed by atoms with Gasteiger partial charge >= 0.3 is 0 Å². The van der Waals surface area contributed by atoms with E-state index >= 15 is 0 Å². The molecule has 0 aromatic heterocycles. The van der Waals surface area contributed by atoms with Crippen LogP contribution in [0.2, 0.25) is 0 Å². The van der Waals surface area contributed by atoms with Crippen molar-refractivity contribution in [3.8, 4) is 0 Å². The van der Waals surface area contributed by atoms with E-state index in [1.807, 2.05) is 11.8 Å². The second-order valence-corrected chi connectivity index (χ2v) is 9.27. The van der Waals surface area contributed by atoms with E-state index < -0.39 is 0 Å². The van der Waals surface area contributed by atoms with Gasteiger partial charge in [-0.3, -0.25) is 4.79 Å². The van der Waals surface area contributed by atoms with Crippen LogP contribution in [0.5, 0.6) is 0 Å². The van der Waals surface area contributed by atoms with Crippen LogP contribution < -0.4 is 5.32 Å². The number of fused-ring (bicyclic) bond motifs is 2. The molecule has 28 heavy (non-hydrogen) atoms. The molecule has 1 N–H and O–H groups in total. The number of benzene rings is 1. The van der Waals surface area contributed by atoms with Crippen LogP contribution in [0, 0.1) is 0 Å². The maximum atomic E-state index is 13.0. The third kappa shape index (κ3) is 4.65. The summed E-state index contributed by atoms with van der Waals surface area (Å²) in [5.41, 5.74) is 3.47. The van der Waals surface area contributed by atoms with Crippen LogP contribution in [0.15, 0.2) is 30.3 Å². The molecule has 156 valence electrons. The number of rotatable bonds is 9. The summed E-state index contributed by atoms with van der Waals surface area (Å²) in [5.74, 6) is 1.38. The first-order valence-electron chi connectivity index (χ1n) is 11.0. The van der Waals surface area contributed by atoms with Crippen LogP contribution in [0.1, 0.15) is 64.9 Å². The molecule has 1 aliphatic heterocycles. The summed E-state index contributed by atoms with van der Waals surface area (Å²) in [4.78, 5) is 15.7. The van der Waals surface area contributed by atoms with Crippen LogP contribution in [0.25, 0.3) is 5.57 Å². The molecule has 0 radical (unpaired) electrons. The van der Waals surface area contributed by atoms with Crippen LogP contribution in [0.3, 0.4) is 0 Å². The Morgan fingerprint density at radius 1 is 1.21 bits per heavy atom. The summed E-state index contributed by atoms with van der Waals surface area (Å²) in [6, 6.07) is 8.84. The Balaban J connectivity index is 0.00000300. The lowest BCUT2D eigenvalue weighted by Gasteiger charge is -2.39. The molecule has 0 unspecified atom stereocenters. The van der Waals surface area contributed by atoms with Gasteiger partial charge in [-0.25, -0.2) is 0 Å². The molecule has 1 aliphatic carbocycles. The van der Waals surface area contributed by atoms with Gasteiger partial charge in [0.25, 0.3) is 5.91 Å². The lowest BCUT2D eigenvalue weighted by Crippen LogP contribution is -2.41. The number of nitrogens with one attached hydrogen (secondary N) is 1. The van der Waals surface area contributed by atoms with E-state index in [4.69, 9.17) is 0 Å².